The predicted octanol–water partition coefficient (Wildman–Crippen LogP) is 5.01. The summed E-state index contributed by atoms with van der Waals surface area (Å²) >= 11 is 0. The summed E-state index contributed by atoms with van der Waals surface area (Å²) in [6.07, 6.45) is -6.82. The van der Waals surface area contributed by atoms with Gasteiger partial charge in [0.05, 0.1) is 46.2 Å². The van der Waals surface area contributed by atoms with Gasteiger partial charge in [0, 0.05) is 31.6 Å². The summed E-state index contributed by atoms with van der Waals surface area (Å²) in [5, 5.41) is 59.6. The number of carboxylic acid groups (broad SMARTS) is 1. The molecule has 0 bridgehead atoms. The number of carbonyl (C=O) groups is 2. The quantitative estimate of drug-likeness (QED) is 0.189. The van der Waals surface area contributed by atoms with E-state index in [-0.39, 0.29) is 41.2 Å². The van der Waals surface area contributed by atoms with Gasteiger partial charge in [-0.1, -0.05) is 69.3 Å². The average molecular weight is 871 g/mol. The van der Waals surface area contributed by atoms with Crippen LogP contribution in [0.25, 0.3) is 10.8 Å². The Morgan fingerprint density at radius 1 is 0.967 bits per heavy atom. The van der Waals surface area contributed by atoms with Crippen molar-refractivity contribution in [2.75, 3.05) is 20.6 Å². The van der Waals surface area contributed by atoms with E-state index >= 15 is 0 Å². The van der Waals surface area contributed by atoms with Crippen molar-refractivity contribution < 1.29 is 57.8 Å². The molecular formula is C46H66N2O12S. The van der Waals surface area contributed by atoms with E-state index in [0.717, 1.165) is 10.8 Å². The molecule has 0 spiro atoms. The largest absolute Gasteiger partial charge is 0.478 e. The Morgan fingerprint density at radius 3 is 2.23 bits per heavy atom. The van der Waals surface area contributed by atoms with Crippen molar-refractivity contribution in [1.29, 1.82) is 0 Å². The highest BCUT2D eigenvalue weighted by Crippen LogP contribution is 2.44. The van der Waals surface area contributed by atoms with Crippen LogP contribution in [0, 0.1) is 17.8 Å². The van der Waals surface area contributed by atoms with Gasteiger partial charge in [0.15, 0.2) is 6.29 Å². The van der Waals surface area contributed by atoms with Crippen LogP contribution in [0.4, 0.5) is 0 Å². The molecule has 3 aromatic carbocycles. The number of ether oxygens (including phenoxy) is 3. The maximum absolute atomic E-state index is 14.6. The third-order valence-electron chi connectivity index (χ3n) is 13.3. The van der Waals surface area contributed by atoms with Crippen LogP contribution in [-0.4, -0.2) is 136 Å². The summed E-state index contributed by atoms with van der Waals surface area (Å²) in [6, 6.07) is 17.0. The number of carboxylic acids is 1. The lowest BCUT2D eigenvalue weighted by Gasteiger charge is -2.48. The first-order chi connectivity index (χ1) is 28.4. The Labute approximate surface area is 360 Å². The lowest BCUT2D eigenvalue weighted by atomic mass is 9.77. The number of hydrogen-bond acceptors (Lipinski definition) is 12. The first-order valence-electron chi connectivity index (χ1n) is 21.2. The molecule has 0 amide bonds. The molecule has 2 aliphatic rings. The van der Waals surface area contributed by atoms with Crippen LogP contribution in [0.5, 0.6) is 0 Å². The molecular weight excluding hydrogens is 805 g/mol. The number of nitrogens with zero attached hydrogens (tertiary/aromatic N) is 2. The highest BCUT2D eigenvalue weighted by molar-refractivity contribution is 7.89. The molecule has 14 atom stereocenters. The van der Waals surface area contributed by atoms with Crippen LogP contribution in [0.15, 0.2) is 71.6 Å². The number of rotatable bonds is 8. The van der Waals surface area contributed by atoms with Gasteiger partial charge in [0.1, 0.15) is 17.8 Å². The van der Waals surface area contributed by atoms with Crippen molar-refractivity contribution in [2.45, 2.75) is 146 Å². The van der Waals surface area contributed by atoms with E-state index in [1.54, 1.807) is 78.1 Å². The number of carbonyl (C=O) groups excluding carboxylic acids is 1. The van der Waals surface area contributed by atoms with Crippen LogP contribution in [0.2, 0.25) is 0 Å². The second kappa shape index (κ2) is 19.1. The van der Waals surface area contributed by atoms with Gasteiger partial charge in [-0.2, -0.15) is 4.31 Å². The minimum atomic E-state index is -4.22. The lowest BCUT2D eigenvalue weighted by Crippen LogP contribution is -2.59. The molecule has 61 heavy (non-hydrogen) atoms. The summed E-state index contributed by atoms with van der Waals surface area (Å²) in [7, 11) is -0.978. The summed E-state index contributed by atoms with van der Waals surface area (Å²) in [6.45, 7) is 13.6. The fraction of sp³-hybridized carbons (Fsp3) is 0.609. The molecule has 5 N–H and O–H groups in total. The topological polar surface area (TPSA) is 204 Å². The van der Waals surface area contributed by atoms with E-state index in [1.807, 2.05) is 36.1 Å². The highest BCUT2D eigenvalue weighted by atomic mass is 32.2. The fourth-order valence-corrected chi connectivity index (χ4v) is 11.0. The van der Waals surface area contributed by atoms with Gasteiger partial charge < -0.3 is 44.6 Å². The molecule has 15 heteroatoms. The van der Waals surface area contributed by atoms with E-state index in [1.165, 1.54) is 31.3 Å². The molecule has 2 heterocycles. The number of cyclic esters (lactones) is 1. The van der Waals surface area contributed by atoms with Gasteiger partial charge in [0.25, 0.3) is 0 Å². The molecule has 2 aliphatic heterocycles. The highest BCUT2D eigenvalue weighted by Gasteiger charge is 2.52. The number of esters is 1. The first kappa shape index (κ1) is 48.5. The molecule has 0 radical (unpaired) electrons. The molecule has 0 unspecified atom stereocenters. The van der Waals surface area contributed by atoms with Gasteiger partial charge in [-0.25, -0.2) is 13.2 Å². The van der Waals surface area contributed by atoms with E-state index < -0.39 is 99.8 Å². The predicted molar refractivity (Wildman–Crippen MR) is 230 cm³/mol. The minimum absolute atomic E-state index is 0.0468. The summed E-state index contributed by atoms with van der Waals surface area (Å²) in [4.78, 5) is 28.5. The van der Waals surface area contributed by atoms with Crippen molar-refractivity contribution in [3.63, 3.8) is 0 Å². The Kier molecular flexibility index (Phi) is 15.2. The summed E-state index contributed by atoms with van der Waals surface area (Å²) < 4.78 is 49.7. The molecule has 338 valence electrons. The third-order valence-corrected chi connectivity index (χ3v) is 15.1. The maximum Gasteiger partial charge on any atom is 0.335 e. The second-order valence-corrected chi connectivity index (χ2v) is 20.1. The smallest absolute Gasteiger partial charge is 0.335 e. The van der Waals surface area contributed by atoms with E-state index in [9.17, 15) is 43.5 Å². The molecule has 3 aromatic rings. The lowest BCUT2D eigenvalue weighted by molar-refractivity contribution is -0.273. The molecule has 5 rings (SSSR count). The molecule has 14 nitrogen and oxygen atoms in total. The third kappa shape index (κ3) is 10.2. The zero-order valence-corrected chi connectivity index (χ0v) is 37.8. The van der Waals surface area contributed by atoms with Crippen LogP contribution in [0.3, 0.4) is 0 Å². The Hall–Kier alpha value is -3.51. The minimum Gasteiger partial charge on any atom is -0.478 e. The summed E-state index contributed by atoms with van der Waals surface area (Å²) in [5.74, 6) is -5.63. The summed E-state index contributed by atoms with van der Waals surface area (Å²) in [5.41, 5.74) is -3.44. The van der Waals surface area contributed by atoms with Crippen LogP contribution in [-0.2, 0) is 29.0 Å². The number of benzene rings is 3. The number of fused-ring (bicyclic) bond motifs is 1. The molecule has 0 aliphatic carbocycles. The van der Waals surface area contributed by atoms with Crippen LogP contribution in [0.1, 0.15) is 96.5 Å². The fourth-order valence-electron chi connectivity index (χ4n) is 9.62. The zero-order valence-electron chi connectivity index (χ0n) is 37.0. The van der Waals surface area contributed by atoms with Crippen molar-refractivity contribution >= 4 is 32.7 Å². The Balaban J connectivity index is 1.62. The molecule has 0 saturated carbocycles. The van der Waals surface area contributed by atoms with Gasteiger partial charge in [-0.3, -0.25) is 4.79 Å². The van der Waals surface area contributed by atoms with Gasteiger partial charge in [-0.05, 0) is 101 Å². The molecule has 2 saturated heterocycles. The molecule has 2 fully saturated rings. The number of aromatic carboxylic acids is 1. The number of aliphatic hydroxyl groups is 4. The van der Waals surface area contributed by atoms with E-state index in [4.69, 9.17) is 14.2 Å². The number of likely N-dealkylation sites (N-methyl/N-ethyl adjacent to an activating group) is 2. The first-order valence-corrected chi connectivity index (χ1v) is 22.7. The van der Waals surface area contributed by atoms with Crippen molar-refractivity contribution in [1.82, 2.24) is 9.21 Å². The molecule has 0 aromatic heterocycles. The Bertz CT molecular complexity index is 2110. The van der Waals surface area contributed by atoms with Crippen molar-refractivity contribution in [3.05, 3.63) is 77.9 Å². The number of hydrogen-bond donors (Lipinski definition) is 5. The normalized spacial score (nSPS) is 36.5. The van der Waals surface area contributed by atoms with Gasteiger partial charge in [0.2, 0.25) is 10.0 Å². The number of aliphatic hydroxyl groups excluding tert-OH is 2. The SMILES string of the molecule is CC[C@H]1OC(=O)[C@H](C)[C@@H](O)[C@H](C)[C@@H](O[C@@H]2O[C@H](C)C[C@H](N(C)S(=O)(=O)c3ccc4ccccc4c3)[C@H]2c2ccccc2C(=O)O)[C@](C)(O)C[C@@H](C)CN(C)[C@H](C)[C@@H](O)[C@]1(C)O. The second-order valence-electron chi connectivity index (χ2n) is 18.1. The van der Waals surface area contributed by atoms with Crippen molar-refractivity contribution in [3.8, 4) is 0 Å². The zero-order chi connectivity index (χ0) is 45.4. The van der Waals surface area contributed by atoms with Crippen LogP contribution < -0.4 is 0 Å². The van der Waals surface area contributed by atoms with Gasteiger partial charge in [-0.15, -0.1) is 0 Å². The van der Waals surface area contributed by atoms with Crippen molar-refractivity contribution in [2.24, 2.45) is 17.8 Å². The Morgan fingerprint density at radius 2 is 1.59 bits per heavy atom. The van der Waals surface area contributed by atoms with E-state index in [0.29, 0.717) is 6.54 Å². The monoisotopic (exact) mass is 870 g/mol. The average Bonchev–Trinajstić information content (AvgIpc) is 3.21. The maximum atomic E-state index is 14.6. The van der Waals surface area contributed by atoms with E-state index in [2.05, 4.69) is 0 Å². The standard InChI is InChI=1S/C46H66N2O12S/c1-11-37-46(8,55)40(50)30(6)47(9)25-26(2)24-45(7,54)41(28(4)39(49)29(5)43(53)59-37)60-44-38(34-18-14-15-19-35(34)42(51)52)36(22-27(3)58-44)48(10)61(56,57)33-21-20-31-16-12-13-17-32(31)23-33/h12-21,23,26-30,36-41,44,49-50,54-55H,11,22,24-25H2,1-10H3,(H,51,52)/t26-,27-,28+,29-,30-,36+,37-,38-,39+,40-,41-,44+,45-,46-/m1/s1. The van der Waals surface area contributed by atoms with Crippen LogP contribution >= 0.6 is 0 Å². The van der Waals surface area contributed by atoms with Gasteiger partial charge >= 0.3 is 11.9 Å². The number of sulfonamides is 1.